The SMILES string of the molecule is Cl.Cn1cc(S(=O)(=O)N2CCCC2CN)cn1. The van der Waals surface area contributed by atoms with Crippen LogP contribution in [0.1, 0.15) is 12.8 Å². The Kier molecular flexibility index (Phi) is 4.54. The van der Waals surface area contributed by atoms with E-state index in [1.165, 1.54) is 21.4 Å². The van der Waals surface area contributed by atoms with Crippen LogP contribution in [-0.2, 0) is 17.1 Å². The summed E-state index contributed by atoms with van der Waals surface area (Å²) in [6.07, 6.45) is 4.61. The Morgan fingerprint density at radius 2 is 2.29 bits per heavy atom. The first-order chi connectivity index (χ1) is 7.55. The van der Waals surface area contributed by atoms with Gasteiger partial charge in [0.1, 0.15) is 4.90 Å². The van der Waals surface area contributed by atoms with Gasteiger partial charge >= 0.3 is 0 Å². The lowest BCUT2D eigenvalue weighted by atomic mass is 10.2. The van der Waals surface area contributed by atoms with E-state index >= 15 is 0 Å². The average Bonchev–Trinajstić information content (AvgIpc) is 2.85. The Morgan fingerprint density at radius 1 is 1.59 bits per heavy atom. The minimum Gasteiger partial charge on any atom is -0.329 e. The van der Waals surface area contributed by atoms with Gasteiger partial charge in [-0.25, -0.2) is 8.42 Å². The highest BCUT2D eigenvalue weighted by Crippen LogP contribution is 2.24. The Hall–Kier alpha value is -0.630. The fourth-order valence-electron chi connectivity index (χ4n) is 2.03. The molecule has 2 heterocycles. The van der Waals surface area contributed by atoms with Crippen molar-refractivity contribution in [2.75, 3.05) is 13.1 Å². The van der Waals surface area contributed by atoms with Crippen LogP contribution in [0.25, 0.3) is 0 Å². The summed E-state index contributed by atoms with van der Waals surface area (Å²) in [5.74, 6) is 0. The summed E-state index contributed by atoms with van der Waals surface area (Å²) in [7, 11) is -1.71. The summed E-state index contributed by atoms with van der Waals surface area (Å²) in [5, 5.41) is 3.88. The summed E-state index contributed by atoms with van der Waals surface area (Å²) < 4.78 is 27.4. The minimum absolute atomic E-state index is 0. The Morgan fingerprint density at radius 3 is 2.82 bits per heavy atom. The molecule has 6 nitrogen and oxygen atoms in total. The van der Waals surface area contributed by atoms with Gasteiger partial charge in [0.05, 0.1) is 6.20 Å². The van der Waals surface area contributed by atoms with E-state index in [4.69, 9.17) is 5.73 Å². The molecule has 0 spiro atoms. The van der Waals surface area contributed by atoms with Gasteiger partial charge in [0, 0.05) is 32.4 Å². The van der Waals surface area contributed by atoms with Gasteiger partial charge in [0.2, 0.25) is 10.0 Å². The zero-order valence-corrected chi connectivity index (χ0v) is 11.2. The van der Waals surface area contributed by atoms with E-state index in [0.29, 0.717) is 13.1 Å². The number of aryl methyl sites for hydroxylation is 1. The lowest BCUT2D eigenvalue weighted by molar-refractivity contribution is 0.393. The van der Waals surface area contributed by atoms with Crippen molar-refractivity contribution in [3.63, 3.8) is 0 Å². The second kappa shape index (κ2) is 5.34. The maximum Gasteiger partial charge on any atom is 0.246 e. The first kappa shape index (κ1) is 14.4. The third kappa shape index (κ3) is 2.62. The number of nitrogens with zero attached hydrogens (tertiary/aromatic N) is 3. The van der Waals surface area contributed by atoms with Crippen molar-refractivity contribution in [1.29, 1.82) is 0 Å². The number of aromatic nitrogens is 2. The van der Waals surface area contributed by atoms with Crippen LogP contribution in [0.15, 0.2) is 17.3 Å². The Balaban J connectivity index is 0.00000144. The molecule has 1 fully saturated rings. The number of nitrogens with two attached hydrogens (primary N) is 1. The van der Waals surface area contributed by atoms with Crippen molar-refractivity contribution in [1.82, 2.24) is 14.1 Å². The first-order valence-electron chi connectivity index (χ1n) is 5.26. The normalized spacial score (nSPS) is 21.4. The quantitative estimate of drug-likeness (QED) is 0.842. The second-order valence-electron chi connectivity index (χ2n) is 4.00. The number of hydrogen-bond acceptors (Lipinski definition) is 4. The maximum atomic E-state index is 12.2. The number of halogens is 1. The van der Waals surface area contributed by atoms with E-state index in [2.05, 4.69) is 5.10 Å². The van der Waals surface area contributed by atoms with E-state index in [1.54, 1.807) is 7.05 Å². The third-order valence-electron chi connectivity index (χ3n) is 2.88. The second-order valence-corrected chi connectivity index (χ2v) is 5.89. The van der Waals surface area contributed by atoms with Gasteiger partial charge in [-0.15, -0.1) is 12.4 Å². The fraction of sp³-hybridized carbons (Fsp3) is 0.667. The molecule has 0 radical (unpaired) electrons. The standard InChI is InChI=1S/C9H16N4O2S.ClH/c1-12-7-9(6-11-12)16(14,15)13-4-2-3-8(13)5-10;/h6-8H,2-5,10H2,1H3;1H. The molecule has 8 heteroatoms. The molecule has 1 aromatic heterocycles. The van der Waals surface area contributed by atoms with Gasteiger partial charge in [-0.2, -0.15) is 9.40 Å². The van der Waals surface area contributed by atoms with E-state index in [9.17, 15) is 8.42 Å². The monoisotopic (exact) mass is 280 g/mol. The topological polar surface area (TPSA) is 81.2 Å². The summed E-state index contributed by atoms with van der Waals surface area (Å²) >= 11 is 0. The number of hydrogen-bond donors (Lipinski definition) is 1. The molecule has 98 valence electrons. The molecule has 17 heavy (non-hydrogen) atoms. The molecular formula is C9H17ClN4O2S. The van der Waals surface area contributed by atoms with Crippen LogP contribution in [0.2, 0.25) is 0 Å². The van der Waals surface area contributed by atoms with Crippen LogP contribution in [0, 0.1) is 0 Å². The highest BCUT2D eigenvalue weighted by atomic mass is 35.5. The highest BCUT2D eigenvalue weighted by molar-refractivity contribution is 7.89. The molecule has 1 unspecified atom stereocenters. The van der Waals surface area contributed by atoms with Gasteiger partial charge in [0.15, 0.2) is 0 Å². The van der Waals surface area contributed by atoms with Crippen LogP contribution in [0.3, 0.4) is 0 Å². The van der Waals surface area contributed by atoms with Crippen molar-refractivity contribution >= 4 is 22.4 Å². The van der Waals surface area contributed by atoms with Crippen LogP contribution >= 0.6 is 12.4 Å². The first-order valence-corrected chi connectivity index (χ1v) is 6.70. The van der Waals surface area contributed by atoms with Crippen LogP contribution in [-0.4, -0.2) is 41.6 Å². The van der Waals surface area contributed by atoms with Crippen molar-refractivity contribution in [2.24, 2.45) is 12.8 Å². The molecule has 2 N–H and O–H groups in total. The van der Waals surface area contributed by atoms with E-state index in [1.807, 2.05) is 0 Å². The smallest absolute Gasteiger partial charge is 0.246 e. The summed E-state index contributed by atoms with van der Waals surface area (Å²) in [6, 6.07) is -0.0646. The van der Waals surface area contributed by atoms with Gasteiger partial charge in [0.25, 0.3) is 0 Å². The van der Waals surface area contributed by atoms with E-state index in [0.717, 1.165) is 12.8 Å². The molecular weight excluding hydrogens is 264 g/mol. The largest absolute Gasteiger partial charge is 0.329 e. The highest BCUT2D eigenvalue weighted by Gasteiger charge is 2.34. The molecule has 1 saturated heterocycles. The average molecular weight is 281 g/mol. The molecule has 1 aliphatic rings. The lowest BCUT2D eigenvalue weighted by Gasteiger charge is -2.21. The summed E-state index contributed by atoms with van der Waals surface area (Å²) in [6.45, 7) is 0.929. The summed E-state index contributed by atoms with van der Waals surface area (Å²) in [5.41, 5.74) is 5.58. The van der Waals surface area contributed by atoms with Crippen LogP contribution in [0.4, 0.5) is 0 Å². The van der Waals surface area contributed by atoms with Gasteiger partial charge in [-0.05, 0) is 12.8 Å². The van der Waals surface area contributed by atoms with Crippen LogP contribution < -0.4 is 5.73 Å². The molecule has 2 rings (SSSR count). The zero-order chi connectivity index (χ0) is 11.8. The van der Waals surface area contributed by atoms with E-state index < -0.39 is 10.0 Å². The molecule has 1 aliphatic heterocycles. The van der Waals surface area contributed by atoms with Gasteiger partial charge < -0.3 is 5.73 Å². The van der Waals surface area contributed by atoms with Crippen molar-refractivity contribution in [3.8, 4) is 0 Å². The number of sulfonamides is 1. The minimum atomic E-state index is -3.41. The van der Waals surface area contributed by atoms with Crippen molar-refractivity contribution in [2.45, 2.75) is 23.8 Å². The van der Waals surface area contributed by atoms with E-state index in [-0.39, 0.29) is 23.3 Å². The predicted molar refractivity (Wildman–Crippen MR) is 66.4 cm³/mol. The Labute approximate surface area is 107 Å². The number of rotatable bonds is 3. The fourth-order valence-corrected chi connectivity index (χ4v) is 3.72. The Bertz CT molecular complexity index is 473. The van der Waals surface area contributed by atoms with Crippen molar-refractivity contribution < 1.29 is 8.42 Å². The zero-order valence-electron chi connectivity index (χ0n) is 9.61. The van der Waals surface area contributed by atoms with Crippen LogP contribution in [0.5, 0.6) is 0 Å². The van der Waals surface area contributed by atoms with Crippen molar-refractivity contribution in [3.05, 3.63) is 12.4 Å². The van der Waals surface area contributed by atoms with Gasteiger partial charge in [-0.3, -0.25) is 4.68 Å². The maximum absolute atomic E-state index is 12.2. The molecule has 0 amide bonds. The lowest BCUT2D eigenvalue weighted by Crippen LogP contribution is -2.39. The molecule has 1 atom stereocenters. The summed E-state index contributed by atoms with van der Waals surface area (Å²) in [4.78, 5) is 0.246. The molecule has 0 saturated carbocycles. The third-order valence-corrected chi connectivity index (χ3v) is 4.79. The predicted octanol–water partition coefficient (Wildman–Crippen LogP) is -0.0463. The molecule has 0 bridgehead atoms. The molecule has 1 aromatic rings. The molecule has 0 aliphatic carbocycles. The molecule has 0 aromatic carbocycles. The van der Waals surface area contributed by atoms with Gasteiger partial charge in [-0.1, -0.05) is 0 Å².